The second-order valence-electron chi connectivity index (χ2n) is 4.65. The molecule has 0 bridgehead atoms. The van der Waals surface area contributed by atoms with Crippen molar-refractivity contribution in [2.75, 3.05) is 38.3 Å². The third-order valence-corrected chi connectivity index (χ3v) is 3.30. The van der Waals surface area contributed by atoms with Crippen LogP contribution in [0.1, 0.15) is 12.8 Å². The van der Waals surface area contributed by atoms with Crippen LogP contribution >= 0.6 is 0 Å². The Morgan fingerprint density at radius 3 is 3.11 bits per heavy atom. The van der Waals surface area contributed by atoms with Crippen molar-refractivity contribution in [3.05, 3.63) is 23.9 Å². The van der Waals surface area contributed by atoms with Gasteiger partial charge in [-0.15, -0.1) is 0 Å². The molecule has 1 N–H and O–H groups in total. The number of nitrogens with one attached hydrogen (secondary N) is 1. The molecule has 0 spiro atoms. The molecule has 1 aliphatic rings. The molecule has 1 fully saturated rings. The zero-order chi connectivity index (χ0) is 13.7. The van der Waals surface area contributed by atoms with Crippen LogP contribution in [-0.2, 0) is 4.74 Å². The molecule has 1 atom stereocenters. The van der Waals surface area contributed by atoms with Gasteiger partial charge in [-0.2, -0.15) is 0 Å². The van der Waals surface area contributed by atoms with E-state index in [0.717, 1.165) is 44.7 Å². The van der Waals surface area contributed by atoms with Crippen molar-refractivity contribution in [2.24, 2.45) is 0 Å². The maximum Gasteiger partial charge on any atom is 0.168 e. The molecule has 2 rings (SSSR count). The number of rotatable bonds is 6. The van der Waals surface area contributed by atoms with Gasteiger partial charge in [-0.3, -0.25) is 0 Å². The number of methoxy groups -OCH3 is 1. The van der Waals surface area contributed by atoms with Crippen LogP contribution in [0.3, 0.4) is 0 Å². The number of pyridine rings is 1. The summed E-state index contributed by atoms with van der Waals surface area (Å²) in [4.78, 5) is 5.79. The number of ether oxygens (including phenoxy) is 1. The molecule has 0 saturated carbocycles. The Balaban J connectivity index is 1.97. The van der Waals surface area contributed by atoms with Gasteiger partial charge in [0.15, 0.2) is 11.6 Å². The van der Waals surface area contributed by atoms with Crippen LogP contribution in [0.2, 0.25) is 0 Å². The Labute approximate surface area is 111 Å². The third-order valence-electron chi connectivity index (χ3n) is 3.30. The second kappa shape index (κ2) is 6.77. The summed E-state index contributed by atoms with van der Waals surface area (Å²) in [6.45, 7) is 2.92. The maximum atomic E-state index is 13.7. The molecule has 2 heterocycles. The molecule has 106 valence electrons. The number of aromatic nitrogens is 1. The zero-order valence-electron chi connectivity index (χ0n) is 11.0. The SMILES string of the molecule is COCCNCC1CCCN1c1ncc(F)cc1F. The summed E-state index contributed by atoms with van der Waals surface area (Å²) in [6, 6.07) is 1.08. The largest absolute Gasteiger partial charge is 0.383 e. The third kappa shape index (κ3) is 3.61. The lowest BCUT2D eigenvalue weighted by Gasteiger charge is -2.26. The smallest absolute Gasteiger partial charge is 0.168 e. The molecule has 4 nitrogen and oxygen atoms in total. The Hall–Kier alpha value is -1.27. The van der Waals surface area contributed by atoms with Crippen molar-refractivity contribution >= 4 is 5.82 Å². The Kier molecular flexibility index (Phi) is 5.04. The summed E-state index contributed by atoms with van der Waals surface area (Å²) in [5.74, 6) is -0.989. The van der Waals surface area contributed by atoms with Gasteiger partial charge in [-0.25, -0.2) is 13.8 Å². The van der Waals surface area contributed by atoms with Crippen LogP contribution in [0.25, 0.3) is 0 Å². The first-order chi connectivity index (χ1) is 9.22. The monoisotopic (exact) mass is 271 g/mol. The van der Waals surface area contributed by atoms with Gasteiger partial charge in [0.05, 0.1) is 12.8 Å². The molecular weight excluding hydrogens is 252 g/mol. The van der Waals surface area contributed by atoms with Gasteiger partial charge >= 0.3 is 0 Å². The second-order valence-corrected chi connectivity index (χ2v) is 4.65. The molecule has 1 aromatic heterocycles. The van der Waals surface area contributed by atoms with Gasteiger partial charge in [0, 0.05) is 38.9 Å². The molecule has 0 aliphatic carbocycles. The lowest BCUT2D eigenvalue weighted by Crippen LogP contribution is -2.39. The van der Waals surface area contributed by atoms with Crippen molar-refractivity contribution in [1.82, 2.24) is 10.3 Å². The van der Waals surface area contributed by atoms with E-state index in [1.807, 2.05) is 4.90 Å². The molecule has 0 aromatic carbocycles. The molecule has 1 unspecified atom stereocenters. The van der Waals surface area contributed by atoms with Gasteiger partial charge in [0.2, 0.25) is 0 Å². The van der Waals surface area contributed by atoms with Crippen LogP contribution in [0.15, 0.2) is 12.3 Å². The number of anilines is 1. The van der Waals surface area contributed by atoms with E-state index in [0.29, 0.717) is 6.61 Å². The van der Waals surface area contributed by atoms with E-state index in [-0.39, 0.29) is 11.9 Å². The predicted molar refractivity (Wildman–Crippen MR) is 69.3 cm³/mol. The standard InChI is InChI=1S/C13H19F2N3O/c1-19-6-4-16-9-11-3-2-5-18(11)13-12(15)7-10(14)8-17-13/h7-8,11,16H,2-6,9H2,1H3. The van der Waals surface area contributed by atoms with Crippen LogP contribution in [-0.4, -0.2) is 44.4 Å². The van der Waals surface area contributed by atoms with Crippen LogP contribution < -0.4 is 10.2 Å². The molecule has 0 amide bonds. The van der Waals surface area contributed by atoms with Crippen molar-refractivity contribution in [2.45, 2.75) is 18.9 Å². The van der Waals surface area contributed by atoms with Gasteiger partial charge in [-0.1, -0.05) is 0 Å². The summed E-state index contributed by atoms with van der Waals surface area (Å²) in [6.07, 6.45) is 3.04. The summed E-state index contributed by atoms with van der Waals surface area (Å²) >= 11 is 0. The highest BCUT2D eigenvalue weighted by atomic mass is 19.1. The fourth-order valence-electron chi connectivity index (χ4n) is 2.39. The normalized spacial score (nSPS) is 19.1. The molecule has 1 aromatic rings. The van der Waals surface area contributed by atoms with E-state index in [1.165, 1.54) is 0 Å². The van der Waals surface area contributed by atoms with E-state index in [4.69, 9.17) is 4.74 Å². The van der Waals surface area contributed by atoms with E-state index in [9.17, 15) is 8.78 Å². The van der Waals surface area contributed by atoms with Gasteiger partial charge in [0.25, 0.3) is 0 Å². The first kappa shape index (κ1) is 14.1. The summed E-state index contributed by atoms with van der Waals surface area (Å²) in [7, 11) is 1.65. The molecule has 1 saturated heterocycles. The Morgan fingerprint density at radius 1 is 1.53 bits per heavy atom. The van der Waals surface area contributed by atoms with Crippen molar-refractivity contribution in [3.63, 3.8) is 0 Å². The summed E-state index contributed by atoms with van der Waals surface area (Å²) in [5.41, 5.74) is 0. The predicted octanol–water partition coefficient (Wildman–Crippen LogP) is 1.56. The van der Waals surface area contributed by atoms with Crippen LogP contribution in [0.5, 0.6) is 0 Å². The molecular formula is C13H19F2N3O. The lowest BCUT2D eigenvalue weighted by atomic mass is 10.2. The molecule has 0 radical (unpaired) electrons. The minimum absolute atomic E-state index is 0.198. The van der Waals surface area contributed by atoms with Gasteiger partial charge in [0.1, 0.15) is 5.82 Å². The quantitative estimate of drug-likeness (QED) is 0.797. The first-order valence-corrected chi connectivity index (χ1v) is 6.49. The fraction of sp³-hybridized carbons (Fsp3) is 0.615. The number of hydrogen-bond acceptors (Lipinski definition) is 4. The average molecular weight is 271 g/mol. The highest BCUT2D eigenvalue weighted by Crippen LogP contribution is 2.25. The topological polar surface area (TPSA) is 37.4 Å². The number of halogens is 2. The van der Waals surface area contributed by atoms with Crippen molar-refractivity contribution in [3.8, 4) is 0 Å². The fourth-order valence-corrected chi connectivity index (χ4v) is 2.39. The van der Waals surface area contributed by atoms with Crippen LogP contribution in [0, 0.1) is 11.6 Å². The lowest BCUT2D eigenvalue weighted by molar-refractivity contribution is 0.199. The minimum Gasteiger partial charge on any atom is -0.383 e. The minimum atomic E-state index is -0.643. The maximum absolute atomic E-state index is 13.7. The Morgan fingerprint density at radius 2 is 2.37 bits per heavy atom. The van der Waals surface area contributed by atoms with Gasteiger partial charge < -0.3 is 15.0 Å². The summed E-state index contributed by atoms with van der Waals surface area (Å²) < 4.78 is 31.6. The van der Waals surface area contributed by atoms with Crippen LogP contribution in [0.4, 0.5) is 14.6 Å². The average Bonchev–Trinajstić information content (AvgIpc) is 2.83. The van der Waals surface area contributed by atoms with E-state index in [2.05, 4.69) is 10.3 Å². The molecule has 1 aliphatic heterocycles. The van der Waals surface area contributed by atoms with Gasteiger partial charge in [-0.05, 0) is 12.8 Å². The first-order valence-electron chi connectivity index (χ1n) is 6.49. The highest BCUT2D eigenvalue weighted by Gasteiger charge is 2.27. The highest BCUT2D eigenvalue weighted by molar-refractivity contribution is 5.42. The van der Waals surface area contributed by atoms with Crippen molar-refractivity contribution < 1.29 is 13.5 Å². The Bertz CT molecular complexity index is 417. The molecule has 19 heavy (non-hydrogen) atoms. The van der Waals surface area contributed by atoms with E-state index >= 15 is 0 Å². The van der Waals surface area contributed by atoms with E-state index in [1.54, 1.807) is 7.11 Å². The number of hydrogen-bond donors (Lipinski definition) is 1. The number of nitrogens with zero attached hydrogens (tertiary/aromatic N) is 2. The van der Waals surface area contributed by atoms with E-state index < -0.39 is 11.6 Å². The summed E-state index contributed by atoms with van der Waals surface area (Å²) in [5, 5.41) is 3.27. The van der Waals surface area contributed by atoms with Crippen molar-refractivity contribution in [1.29, 1.82) is 0 Å². The zero-order valence-corrected chi connectivity index (χ0v) is 11.0. The molecule has 6 heteroatoms.